The molecule has 0 aliphatic carbocycles. The monoisotopic (exact) mass is 482 g/mol. The molecule has 35 heavy (non-hydrogen) atoms. The first kappa shape index (κ1) is 24.7. The van der Waals surface area contributed by atoms with E-state index in [1.54, 1.807) is 30.4 Å². The summed E-state index contributed by atoms with van der Waals surface area (Å²) in [7, 11) is 3.87. The van der Waals surface area contributed by atoms with Crippen molar-refractivity contribution in [2.75, 3.05) is 52.3 Å². The predicted molar refractivity (Wildman–Crippen MR) is 136 cm³/mol. The van der Waals surface area contributed by atoms with Gasteiger partial charge in [0.1, 0.15) is 12.4 Å². The number of aromatic nitrogens is 1. The quantitative estimate of drug-likeness (QED) is 0.635. The Balaban J connectivity index is 1.66. The largest absolute Gasteiger partial charge is 0.487 e. The van der Waals surface area contributed by atoms with E-state index in [2.05, 4.69) is 27.2 Å². The molecule has 0 spiro atoms. The Bertz CT molecular complexity index is 1090. The van der Waals surface area contributed by atoms with Crippen LogP contribution < -0.4 is 14.8 Å². The number of rotatable bonds is 5. The van der Waals surface area contributed by atoms with Crippen LogP contribution in [0.3, 0.4) is 0 Å². The Morgan fingerprint density at radius 2 is 2.06 bits per heavy atom. The van der Waals surface area contributed by atoms with Crippen LogP contribution in [0.4, 0.5) is 11.5 Å². The standard InChI is InChI=1S/C25H34N6O4/c1-17(2)33-10-11-34-20-7-6-19-12-21(20)35-15-22(32)31(4)9-5-8-30(3)14-18-13-26-24-23(18)25(29-19)28-16-27-24/h6-7,12-13,16-17H,5,8-11,14-15H2,1-4H3,(H2,26,27,28,29). The maximum absolute atomic E-state index is 12.7. The summed E-state index contributed by atoms with van der Waals surface area (Å²) in [5.41, 5.74) is 2.70. The predicted octanol–water partition coefficient (Wildman–Crippen LogP) is 3.02. The molecule has 2 bridgehead atoms. The second-order valence-electron chi connectivity index (χ2n) is 9.00. The number of hydrogen-bond donors (Lipinski definition) is 2. The lowest BCUT2D eigenvalue weighted by Gasteiger charge is -2.22. The number of amidine groups is 1. The van der Waals surface area contributed by atoms with E-state index < -0.39 is 0 Å². The first-order valence-corrected chi connectivity index (χ1v) is 11.9. The maximum Gasteiger partial charge on any atom is 0.260 e. The molecule has 0 saturated heterocycles. The van der Waals surface area contributed by atoms with Crippen molar-refractivity contribution in [3.63, 3.8) is 0 Å². The molecule has 0 atom stereocenters. The number of H-pyrrole nitrogens is 1. The molecule has 2 aliphatic rings. The fourth-order valence-corrected chi connectivity index (χ4v) is 3.94. The topological polar surface area (TPSA) is 104 Å². The van der Waals surface area contributed by atoms with Crippen LogP contribution in [0.2, 0.25) is 0 Å². The molecule has 2 aromatic rings. The lowest BCUT2D eigenvalue weighted by Crippen LogP contribution is -2.34. The zero-order chi connectivity index (χ0) is 24.8. The zero-order valence-corrected chi connectivity index (χ0v) is 20.8. The number of benzene rings is 1. The molecule has 1 aromatic heterocycles. The van der Waals surface area contributed by atoms with Gasteiger partial charge in [0.25, 0.3) is 5.91 Å². The van der Waals surface area contributed by atoms with Gasteiger partial charge < -0.3 is 34.3 Å². The molecule has 3 heterocycles. The molecule has 1 amide bonds. The summed E-state index contributed by atoms with van der Waals surface area (Å²) in [5.74, 6) is 2.38. The number of ether oxygens (including phenoxy) is 3. The number of aliphatic imine (C=N–C) groups is 2. The van der Waals surface area contributed by atoms with Crippen molar-refractivity contribution in [1.82, 2.24) is 14.8 Å². The van der Waals surface area contributed by atoms with Crippen LogP contribution in [0.15, 0.2) is 34.4 Å². The van der Waals surface area contributed by atoms with Gasteiger partial charge in [-0.05, 0) is 51.6 Å². The van der Waals surface area contributed by atoms with Crippen molar-refractivity contribution in [3.8, 4) is 11.5 Å². The van der Waals surface area contributed by atoms with E-state index >= 15 is 0 Å². The number of aromatic amines is 1. The molecule has 0 saturated carbocycles. The van der Waals surface area contributed by atoms with Gasteiger partial charge in [-0.15, -0.1) is 0 Å². The van der Waals surface area contributed by atoms with Crippen molar-refractivity contribution in [2.24, 2.45) is 9.98 Å². The van der Waals surface area contributed by atoms with Crippen molar-refractivity contribution >= 4 is 29.6 Å². The average Bonchev–Trinajstić information content (AvgIpc) is 3.24. The molecular formula is C25H34N6O4. The summed E-state index contributed by atoms with van der Waals surface area (Å²) in [4.78, 5) is 29.2. The first-order valence-electron chi connectivity index (χ1n) is 11.9. The number of hydrogen-bond acceptors (Lipinski definition) is 8. The lowest BCUT2D eigenvalue weighted by atomic mass is 10.1. The number of nitrogens with one attached hydrogen (secondary N) is 2. The fraction of sp³-hybridized carbons (Fsp3) is 0.480. The minimum Gasteiger partial charge on any atom is -0.487 e. The number of carbonyl (C=O) groups is 1. The van der Waals surface area contributed by atoms with Gasteiger partial charge in [0.2, 0.25) is 0 Å². The second kappa shape index (κ2) is 11.4. The van der Waals surface area contributed by atoms with Crippen LogP contribution in [0.5, 0.6) is 11.5 Å². The van der Waals surface area contributed by atoms with Gasteiger partial charge in [-0.1, -0.05) is 0 Å². The number of likely N-dealkylation sites (N-methyl/N-ethyl adjacent to an activating group) is 1. The van der Waals surface area contributed by atoms with Gasteiger partial charge >= 0.3 is 0 Å². The van der Waals surface area contributed by atoms with Crippen LogP contribution >= 0.6 is 0 Å². The highest BCUT2D eigenvalue weighted by Gasteiger charge is 2.21. The highest BCUT2D eigenvalue weighted by molar-refractivity contribution is 6.13. The molecule has 10 nitrogen and oxygen atoms in total. The summed E-state index contributed by atoms with van der Waals surface area (Å²) < 4.78 is 17.4. The van der Waals surface area contributed by atoms with Crippen LogP contribution in [0.1, 0.15) is 31.4 Å². The van der Waals surface area contributed by atoms with Crippen LogP contribution in [0.25, 0.3) is 0 Å². The zero-order valence-electron chi connectivity index (χ0n) is 20.8. The molecule has 2 aliphatic heterocycles. The molecule has 0 radical (unpaired) electrons. The number of anilines is 1. The Morgan fingerprint density at radius 1 is 1.20 bits per heavy atom. The van der Waals surface area contributed by atoms with E-state index in [0.717, 1.165) is 36.5 Å². The van der Waals surface area contributed by atoms with Gasteiger partial charge in [0.05, 0.1) is 30.3 Å². The minimum atomic E-state index is -0.0916. The minimum absolute atomic E-state index is 0.0839. The molecular weight excluding hydrogens is 448 g/mol. The van der Waals surface area contributed by atoms with E-state index in [4.69, 9.17) is 19.2 Å². The number of amides is 1. The molecule has 4 rings (SSSR count). The van der Waals surface area contributed by atoms with E-state index in [1.165, 1.54) is 0 Å². The lowest BCUT2D eigenvalue weighted by molar-refractivity contribution is -0.132. The Labute approximate surface area is 206 Å². The van der Waals surface area contributed by atoms with E-state index in [-0.39, 0.29) is 18.6 Å². The van der Waals surface area contributed by atoms with Crippen molar-refractivity contribution in [3.05, 3.63) is 35.5 Å². The number of nitrogens with zero attached hydrogens (tertiary/aromatic N) is 4. The molecule has 10 heteroatoms. The number of carbonyl (C=O) groups excluding carboxylic acids is 1. The maximum atomic E-state index is 12.7. The van der Waals surface area contributed by atoms with Gasteiger partial charge in [-0.3, -0.25) is 4.79 Å². The Hall–Kier alpha value is -3.37. The van der Waals surface area contributed by atoms with Gasteiger partial charge in [0, 0.05) is 32.4 Å². The third-order valence-corrected chi connectivity index (χ3v) is 5.79. The molecule has 188 valence electrons. The van der Waals surface area contributed by atoms with Crippen molar-refractivity contribution in [2.45, 2.75) is 32.9 Å². The van der Waals surface area contributed by atoms with Crippen LogP contribution in [0, 0.1) is 0 Å². The molecule has 1 aromatic carbocycles. The summed E-state index contributed by atoms with van der Waals surface area (Å²) in [5, 5.41) is 3.17. The summed E-state index contributed by atoms with van der Waals surface area (Å²) in [6.45, 7) is 6.93. The van der Waals surface area contributed by atoms with Crippen LogP contribution in [-0.2, 0) is 16.1 Å². The Kier molecular flexibility index (Phi) is 8.04. The van der Waals surface area contributed by atoms with Gasteiger partial charge in [-0.25, -0.2) is 9.98 Å². The smallest absolute Gasteiger partial charge is 0.260 e. The Morgan fingerprint density at radius 3 is 2.89 bits per heavy atom. The summed E-state index contributed by atoms with van der Waals surface area (Å²) >= 11 is 0. The summed E-state index contributed by atoms with van der Waals surface area (Å²) in [6.07, 6.45) is 4.59. The summed E-state index contributed by atoms with van der Waals surface area (Å²) in [6, 6.07) is 5.44. The highest BCUT2D eigenvalue weighted by atomic mass is 16.5. The normalized spacial score (nSPS) is 18.5. The molecule has 0 fully saturated rings. The van der Waals surface area contributed by atoms with Gasteiger partial charge in [0.15, 0.2) is 23.9 Å². The SMILES string of the molecule is CC(C)OCCOc1ccc2cc1OCC(=O)N(C)CCCN(C)Cc1c[nH]c3c1/C(=N\2)N=CN3. The third kappa shape index (κ3) is 6.40. The van der Waals surface area contributed by atoms with E-state index in [9.17, 15) is 4.79 Å². The molecule has 0 unspecified atom stereocenters. The van der Waals surface area contributed by atoms with Crippen molar-refractivity contribution in [1.29, 1.82) is 0 Å². The molecule has 2 N–H and O–H groups in total. The van der Waals surface area contributed by atoms with Crippen molar-refractivity contribution < 1.29 is 19.0 Å². The van der Waals surface area contributed by atoms with E-state index in [0.29, 0.717) is 42.8 Å². The average molecular weight is 483 g/mol. The number of fused-ring (bicyclic) bond motifs is 2. The van der Waals surface area contributed by atoms with Crippen LogP contribution in [-0.4, -0.2) is 86.0 Å². The highest BCUT2D eigenvalue weighted by Crippen LogP contribution is 2.33. The van der Waals surface area contributed by atoms with Gasteiger partial charge in [-0.2, -0.15) is 0 Å². The van der Waals surface area contributed by atoms with E-state index in [1.807, 2.05) is 26.1 Å². The third-order valence-electron chi connectivity index (χ3n) is 5.79. The second-order valence-corrected chi connectivity index (χ2v) is 9.00. The fourth-order valence-electron chi connectivity index (χ4n) is 3.94. The first-order chi connectivity index (χ1) is 16.9.